The van der Waals surface area contributed by atoms with Gasteiger partial charge in [0.25, 0.3) is 5.91 Å². The molecule has 3 rings (SSSR count). The van der Waals surface area contributed by atoms with Gasteiger partial charge in [-0.25, -0.2) is 0 Å². The molecule has 1 aliphatic rings. The van der Waals surface area contributed by atoms with Gasteiger partial charge in [0.05, 0.1) is 0 Å². The smallest absolute Gasteiger partial charge is 0.256 e. The first-order valence-electron chi connectivity index (χ1n) is 8.37. The van der Waals surface area contributed by atoms with Gasteiger partial charge >= 0.3 is 0 Å². The normalized spacial score (nSPS) is 16.2. The van der Waals surface area contributed by atoms with Crippen LogP contribution in [0.3, 0.4) is 0 Å². The Balaban J connectivity index is 1.54. The molecule has 0 aliphatic carbocycles. The Hall–Kier alpha value is -2.18. The number of aliphatic hydroxyl groups is 1. The number of nitrogens with zero attached hydrogens (tertiary/aromatic N) is 3. The van der Waals surface area contributed by atoms with Crippen LogP contribution in [0.15, 0.2) is 36.5 Å². The molecule has 1 aromatic carbocycles. The van der Waals surface area contributed by atoms with E-state index in [-0.39, 0.29) is 5.91 Å². The van der Waals surface area contributed by atoms with Gasteiger partial charge in [-0.1, -0.05) is 12.1 Å². The first-order valence-corrected chi connectivity index (χ1v) is 8.37. The van der Waals surface area contributed by atoms with E-state index in [9.17, 15) is 9.90 Å². The number of carbonyl (C=O) groups is 1. The van der Waals surface area contributed by atoms with Crippen molar-refractivity contribution in [2.45, 2.75) is 19.4 Å². The van der Waals surface area contributed by atoms with Crippen molar-refractivity contribution >= 4 is 11.7 Å². The molecule has 1 aromatic heterocycles. The molecule has 2 heterocycles. The third kappa shape index (κ3) is 4.21. The lowest BCUT2D eigenvalue weighted by molar-refractivity contribution is 0.102. The highest BCUT2D eigenvalue weighted by Crippen LogP contribution is 2.18. The van der Waals surface area contributed by atoms with Gasteiger partial charge in [-0.15, -0.1) is 0 Å². The molecule has 1 saturated heterocycles. The van der Waals surface area contributed by atoms with Crippen molar-refractivity contribution in [2.75, 3.05) is 25.0 Å². The summed E-state index contributed by atoms with van der Waals surface area (Å²) in [6.45, 7) is 3.23. The standard InChI is InChI=1S/C18H24N4O2/c1-21-9-8-17(20-21)19-18(24)16-4-2-14(3-5-16)12-22-10-6-15(13-23)7-11-22/h2-5,8-9,15,23H,6-7,10-13H2,1H3,(H,19,20,24). The zero-order chi connectivity index (χ0) is 16.9. The summed E-state index contributed by atoms with van der Waals surface area (Å²) in [5.41, 5.74) is 1.83. The second-order valence-electron chi connectivity index (χ2n) is 6.43. The first-order chi connectivity index (χ1) is 11.6. The predicted octanol–water partition coefficient (Wildman–Crippen LogP) is 1.88. The lowest BCUT2D eigenvalue weighted by atomic mass is 9.97. The number of aliphatic hydroxyl groups excluding tert-OH is 1. The molecule has 2 aromatic rings. The van der Waals surface area contributed by atoms with Crippen molar-refractivity contribution in [3.05, 3.63) is 47.7 Å². The number of aromatic nitrogens is 2. The van der Waals surface area contributed by atoms with E-state index < -0.39 is 0 Å². The predicted molar refractivity (Wildman–Crippen MR) is 92.7 cm³/mol. The molecule has 6 nitrogen and oxygen atoms in total. The Morgan fingerprint density at radius 3 is 2.54 bits per heavy atom. The fourth-order valence-corrected chi connectivity index (χ4v) is 3.02. The van der Waals surface area contributed by atoms with Crippen LogP contribution in [0.25, 0.3) is 0 Å². The summed E-state index contributed by atoms with van der Waals surface area (Å²) in [7, 11) is 1.81. The van der Waals surface area contributed by atoms with E-state index in [1.54, 1.807) is 16.9 Å². The average molecular weight is 328 g/mol. The monoisotopic (exact) mass is 328 g/mol. The van der Waals surface area contributed by atoms with Crippen LogP contribution in [-0.2, 0) is 13.6 Å². The fourth-order valence-electron chi connectivity index (χ4n) is 3.02. The molecule has 0 bridgehead atoms. The number of amides is 1. The highest BCUT2D eigenvalue weighted by molar-refractivity contribution is 6.03. The number of anilines is 1. The molecule has 0 spiro atoms. The molecule has 1 aliphatic heterocycles. The molecule has 0 radical (unpaired) electrons. The molecule has 1 fully saturated rings. The van der Waals surface area contributed by atoms with Crippen LogP contribution < -0.4 is 5.32 Å². The Kier molecular flexibility index (Phi) is 5.27. The number of hydrogen-bond donors (Lipinski definition) is 2. The van der Waals surface area contributed by atoms with Crippen LogP contribution in [-0.4, -0.2) is 45.4 Å². The number of rotatable bonds is 5. The lowest BCUT2D eigenvalue weighted by Gasteiger charge is -2.31. The summed E-state index contributed by atoms with van der Waals surface area (Å²) < 4.78 is 1.65. The lowest BCUT2D eigenvalue weighted by Crippen LogP contribution is -2.34. The fraction of sp³-hybridized carbons (Fsp3) is 0.444. The van der Waals surface area contributed by atoms with E-state index in [0.29, 0.717) is 23.9 Å². The van der Waals surface area contributed by atoms with Crippen LogP contribution in [0.2, 0.25) is 0 Å². The molecular formula is C18H24N4O2. The zero-order valence-corrected chi connectivity index (χ0v) is 14.0. The van der Waals surface area contributed by atoms with Crippen LogP contribution in [0.1, 0.15) is 28.8 Å². The third-order valence-corrected chi connectivity index (χ3v) is 4.54. The molecule has 24 heavy (non-hydrogen) atoms. The molecule has 0 unspecified atom stereocenters. The average Bonchev–Trinajstić information content (AvgIpc) is 3.01. The number of benzene rings is 1. The van der Waals surface area contributed by atoms with Crippen LogP contribution in [0.5, 0.6) is 0 Å². The number of aryl methyl sites for hydroxylation is 1. The Morgan fingerprint density at radius 1 is 1.25 bits per heavy atom. The van der Waals surface area contributed by atoms with Crippen LogP contribution in [0, 0.1) is 5.92 Å². The summed E-state index contributed by atoms with van der Waals surface area (Å²) in [6, 6.07) is 9.49. The topological polar surface area (TPSA) is 70.4 Å². The summed E-state index contributed by atoms with van der Waals surface area (Å²) in [4.78, 5) is 14.6. The van der Waals surface area contributed by atoms with Gasteiger partial charge in [-0.2, -0.15) is 5.10 Å². The number of likely N-dealkylation sites (tertiary alicyclic amines) is 1. The molecule has 6 heteroatoms. The third-order valence-electron chi connectivity index (χ3n) is 4.54. The maximum atomic E-state index is 12.2. The zero-order valence-electron chi connectivity index (χ0n) is 14.0. The number of nitrogens with one attached hydrogen (secondary N) is 1. The van der Waals surface area contributed by atoms with E-state index in [0.717, 1.165) is 32.5 Å². The minimum Gasteiger partial charge on any atom is -0.396 e. The summed E-state index contributed by atoms with van der Waals surface area (Å²) in [5.74, 6) is 0.862. The van der Waals surface area contributed by atoms with Gasteiger partial charge in [-0.3, -0.25) is 14.4 Å². The van der Waals surface area contributed by atoms with Crippen molar-refractivity contribution in [3.63, 3.8) is 0 Å². The molecule has 2 N–H and O–H groups in total. The highest BCUT2D eigenvalue weighted by atomic mass is 16.3. The van der Waals surface area contributed by atoms with Gasteiger partial charge in [-0.05, 0) is 49.5 Å². The van der Waals surface area contributed by atoms with Crippen molar-refractivity contribution < 1.29 is 9.90 Å². The van der Waals surface area contributed by atoms with Crippen molar-refractivity contribution in [1.82, 2.24) is 14.7 Å². The van der Waals surface area contributed by atoms with Crippen molar-refractivity contribution in [3.8, 4) is 0 Å². The van der Waals surface area contributed by atoms with Gasteiger partial charge in [0.2, 0.25) is 0 Å². The van der Waals surface area contributed by atoms with Gasteiger partial charge < -0.3 is 10.4 Å². The van der Waals surface area contributed by atoms with Crippen LogP contribution in [0.4, 0.5) is 5.82 Å². The summed E-state index contributed by atoms with van der Waals surface area (Å²) >= 11 is 0. The quantitative estimate of drug-likeness (QED) is 0.879. The van der Waals surface area contributed by atoms with E-state index >= 15 is 0 Å². The number of piperidine rings is 1. The minimum absolute atomic E-state index is 0.149. The van der Waals surface area contributed by atoms with E-state index in [2.05, 4.69) is 15.3 Å². The van der Waals surface area contributed by atoms with Gasteiger partial charge in [0.1, 0.15) is 0 Å². The Morgan fingerprint density at radius 2 is 1.96 bits per heavy atom. The van der Waals surface area contributed by atoms with E-state index in [1.165, 1.54) is 5.56 Å². The summed E-state index contributed by atoms with van der Waals surface area (Å²) in [5, 5.41) is 16.1. The molecule has 128 valence electrons. The van der Waals surface area contributed by atoms with Crippen LogP contribution >= 0.6 is 0 Å². The Labute approximate surface area is 142 Å². The second-order valence-corrected chi connectivity index (χ2v) is 6.43. The largest absolute Gasteiger partial charge is 0.396 e. The van der Waals surface area contributed by atoms with Crippen molar-refractivity contribution in [1.29, 1.82) is 0 Å². The molecule has 0 saturated carbocycles. The number of hydrogen-bond acceptors (Lipinski definition) is 4. The molecular weight excluding hydrogens is 304 g/mol. The molecule has 0 atom stereocenters. The van der Waals surface area contributed by atoms with Gasteiger partial charge in [0.15, 0.2) is 5.82 Å². The maximum absolute atomic E-state index is 12.2. The van der Waals surface area contributed by atoms with Gasteiger partial charge in [0, 0.05) is 38.0 Å². The summed E-state index contributed by atoms with van der Waals surface area (Å²) in [6.07, 6.45) is 3.90. The molecule has 1 amide bonds. The number of carbonyl (C=O) groups excluding carboxylic acids is 1. The SMILES string of the molecule is Cn1ccc(NC(=O)c2ccc(CN3CCC(CO)CC3)cc2)n1. The maximum Gasteiger partial charge on any atom is 0.256 e. The van der Waals surface area contributed by atoms with Crippen molar-refractivity contribution in [2.24, 2.45) is 13.0 Å². The Bertz CT molecular complexity index is 673. The highest BCUT2D eigenvalue weighted by Gasteiger charge is 2.18. The van der Waals surface area contributed by atoms with E-state index in [1.807, 2.05) is 31.3 Å². The second kappa shape index (κ2) is 7.59. The minimum atomic E-state index is -0.149. The first kappa shape index (κ1) is 16.7. The van der Waals surface area contributed by atoms with E-state index in [4.69, 9.17) is 0 Å².